The zero-order valence-electron chi connectivity index (χ0n) is 29.5. The van der Waals surface area contributed by atoms with Crippen LogP contribution in [0.4, 0.5) is 22.9 Å². The number of fused-ring (bicyclic) bond motifs is 3. The van der Waals surface area contributed by atoms with E-state index < -0.39 is 11.2 Å². The first kappa shape index (κ1) is 35.7. The molecule has 1 atom stereocenters. The van der Waals surface area contributed by atoms with Gasteiger partial charge in [0, 0.05) is 56.0 Å². The molecule has 4 aromatic rings. The molecule has 1 saturated carbocycles. The van der Waals surface area contributed by atoms with Crippen LogP contribution in [0.1, 0.15) is 70.6 Å². The van der Waals surface area contributed by atoms with Crippen LogP contribution >= 0.6 is 0 Å². The van der Waals surface area contributed by atoms with Crippen molar-refractivity contribution in [3.8, 4) is 11.1 Å². The predicted molar refractivity (Wildman–Crippen MR) is 198 cm³/mol. The summed E-state index contributed by atoms with van der Waals surface area (Å²) in [6.45, 7) is 3.25. The summed E-state index contributed by atoms with van der Waals surface area (Å²) in [5, 5.41) is 23.4. The number of nitrogens with zero attached hydrogens (tertiary/aromatic N) is 7. The third-order valence-electron chi connectivity index (χ3n) is 9.42. The number of hydrogen-bond acceptors (Lipinski definition) is 11. The molecule has 3 aromatic heterocycles. The molecule has 1 saturated heterocycles. The van der Waals surface area contributed by atoms with Crippen molar-refractivity contribution in [3.05, 3.63) is 71.4 Å². The lowest BCUT2D eigenvalue weighted by molar-refractivity contribution is -0.117. The average molecular weight is 685 g/mol. The molecule has 2 amide bonds. The van der Waals surface area contributed by atoms with E-state index in [2.05, 4.69) is 59.0 Å². The number of amides is 2. The zero-order valence-corrected chi connectivity index (χ0v) is 29.5. The SMILES string of the molecule is CNC.[B]C([B])(c1cccc(C=O)n1)N1CC(n2ncc3c2C(CC)N(C)c2c(Nc4cc(NC(=O)C5CC5)nnc4C(=O)NC)cccc2-3)C1. The van der Waals surface area contributed by atoms with Crippen molar-refractivity contribution < 1.29 is 14.4 Å². The van der Waals surface area contributed by atoms with E-state index in [1.54, 1.807) is 24.3 Å². The molecule has 260 valence electrons. The molecule has 1 aromatic carbocycles. The van der Waals surface area contributed by atoms with E-state index in [0.29, 0.717) is 30.8 Å². The maximum Gasteiger partial charge on any atom is 0.273 e. The minimum Gasteiger partial charge on any atom is -0.364 e. The minimum atomic E-state index is -1.34. The molecule has 2 fully saturated rings. The molecule has 7 rings (SSSR count). The Bertz CT molecular complexity index is 1940. The number of anilines is 4. The van der Waals surface area contributed by atoms with Crippen LogP contribution in [0.15, 0.2) is 48.7 Å². The standard InChI is InChI=1S/C33H34B2N10O3.C2H7N/c1-4-25-30-22(14-37-45(30)20-15-44(16-20)33(34,35)26-10-5-7-19(17-46)38-26)21-8-6-9-23(29(21)43(25)3)39-24-13-27(40-31(47)18-11-12-18)41-42-28(24)32(48)36-2;1-3-2/h5-10,13-14,17-18,20,25H,4,11-12,15-16H2,1-3H3,(H,36,48)(H2,39,40,41,47);3H,1-2H3. The van der Waals surface area contributed by atoms with Crippen LogP contribution in [0, 0.1) is 5.92 Å². The van der Waals surface area contributed by atoms with Gasteiger partial charge in [0.1, 0.15) is 5.69 Å². The molecule has 4 N–H and O–H groups in total. The Kier molecular flexibility index (Phi) is 10.3. The molecular weight excluding hydrogens is 644 g/mol. The fraction of sp³-hybridized carbons (Fsp3) is 0.400. The Morgan fingerprint density at radius 2 is 1.75 bits per heavy atom. The smallest absolute Gasteiger partial charge is 0.273 e. The van der Waals surface area contributed by atoms with E-state index in [9.17, 15) is 14.4 Å². The first-order valence-corrected chi connectivity index (χ1v) is 17.0. The van der Waals surface area contributed by atoms with Gasteiger partial charge in [-0.15, -0.1) is 10.2 Å². The average Bonchev–Trinajstić information content (AvgIpc) is 3.88. The Morgan fingerprint density at radius 1 is 1.02 bits per heavy atom. The lowest BCUT2D eigenvalue weighted by atomic mass is 9.57. The Labute approximate surface area is 300 Å². The van der Waals surface area contributed by atoms with E-state index in [-0.39, 0.29) is 41.1 Å². The van der Waals surface area contributed by atoms with Gasteiger partial charge in [-0.2, -0.15) is 5.10 Å². The fourth-order valence-electron chi connectivity index (χ4n) is 6.62. The van der Waals surface area contributed by atoms with E-state index in [0.717, 1.165) is 47.5 Å². The van der Waals surface area contributed by atoms with Crippen LogP contribution in [0.3, 0.4) is 0 Å². The van der Waals surface area contributed by atoms with Crippen LogP contribution in [0.2, 0.25) is 0 Å². The Morgan fingerprint density at radius 3 is 2.41 bits per heavy atom. The summed E-state index contributed by atoms with van der Waals surface area (Å²) >= 11 is 0. The van der Waals surface area contributed by atoms with Crippen molar-refractivity contribution >= 4 is 56.7 Å². The maximum absolute atomic E-state index is 12.8. The quantitative estimate of drug-likeness (QED) is 0.144. The first-order valence-electron chi connectivity index (χ1n) is 17.0. The van der Waals surface area contributed by atoms with Gasteiger partial charge >= 0.3 is 0 Å². The molecule has 0 spiro atoms. The summed E-state index contributed by atoms with van der Waals surface area (Å²) < 4.78 is 2.08. The number of benzene rings is 1. The second kappa shape index (κ2) is 14.6. The first-order chi connectivity index (χ1) is 24.6. The van der Waals surface area contributed by atoms with Gasteiger partial charge in [0.05, 0.1) is 56.7 Å². The van der Waals surface area contributed by atoms with Gasteiger partial charge in [-0.05, 0) is 56.9 Å². The van der Waals surface area contributed by atoms with Crippen molar-refractivity contribution in [2.75, 3.05) is 56.8 Å². The topological polar surface area (TPSA) is 162 Å². The summed E-state index contributed by atoms with van der Waals surface area (Å²) in [6.07, 6.45) is 5.09. The fourth-order valence-corrected chi connectivity index (χ4v) is 6.62. The molecule has 1 aliphatic carbocycles. The molecule has 3 aliphatic rings. The summed E-state index contributed by atoms with van der Waals surface area (Å²) in [7, 11) is 20.4. The molecule has 51 heavy (non-hydrogen) atoms. The number of hydrogen-bond donors (Lipinski definition) is 4. The Hall–Kier alpha value is -5.08. The largest absolute Gasteiger partial charge is 0.364 e. The number of nitrogens with one attached hydrogen (secondary N) is 4. The van der Waals surface area contributed by atoms with Crippen molar-refractivity contribution in [1.29, 1.82) is 0 Å². The van der Waals surface area contributed by atoms with Gasteiger partial charge in [0.15, 0.2) is 17.8 Å². The van der Waals surface area contributed by atoms with Crippen molar-refractivity contribution in [1.82, 2.24) is 40.5 Å². The van der Waals surface area contributed by atoms with Crippen molar-refractivity contribution in [2.45, 2.75) is 43.6 Å². The number of aromatic nitrogens is 5. The second-order valence-electron chi connectivity index (χ2n) is 13.0. The molecule has 5 heterocycles. The summed E-state index contributed by atoms with van der Waals surface area (Å²) in [5.74, 6) is -0.238. The van der Waals surface area contributed by atoms with E-state index in [4.69, 9.17) is 20.8 Å². The highest BCUT2D eigenvalue weighted by atomic mass is 16.2. The molecule has 2 aliphatic heterocycles. The van der Waals surface area contributed by atoms with E-state index in [1.165, 1.54) is 7.05 Å². The highest BCUT2D eigenvalue weighted by Crippen LogP contribution is 2.50. The molecule has 4 radical (unpaired) electrons. The third kappa shape index (κ3) is 6.85. The van der Waals surface area contributed by atoms with Crippen LogP contribution < -0.4 is 26.2 Å². The predicted octanol–water partition coefficient (Wildman–Crippen LogP) is 2.74. The summed E-state index contributed by atoms with van der Waals surface area (Å²) in [6, 6.07) is 12.7. The second-order valence-corrected chi connectivity index (χ2v) is 13.0. The number of pyridine rings is 1. The maximum atomic E-state index is 12.8. The van der Waals surface area contributed by atoms with Crippen LogP contribution in [-0.2, 0) is 10.1 Å². The number of para-hydroxylation sites is 1. The molecular formula is C35H41B2N11O3. The zero-order chi connectivity index (χ0) is 36.4. The highest BCUT2D eigenvalue weighted by Gasteiger charge is 2.42. The van der Waals surface area contributed by atoms with Crippen LogP contribution in [0.25, 0.3) is 11.1 Å². The normalized spacial score (nSPS) is 16.9. The van der Waals surface area contributed by atoms with Gasteiger partial charge in [0.25, 0.3) is 5.91 Å². The van der Waals surface area contributed by atoms with Crippen molar-refractivity contribution in [2.24, 2.45) is 5.92 Å². The lowest BCUT2D eigenvalue weighted by Gasteiger charge is -2.50. The molecule has 0 bridgehead atoms. The molecule has 1 unspecified atom stereocenters. The van der Waals surface area contributed by atoms with Crippen LogP contribution in [-0.4, -0.2) is 105 Å². The number of aldehydes is 1. The number of likely N-dealkylation sites (tertiary alicyclic amines) is 1. The molecule has 16 heteroatoms. The van der Waals surface area contributed by atoms with Gasteiger partial charge in [0.2, 0.25) is 5.91 Å². The highest BCUT2D eigenvalue weighted by molar-refractivity contribution is 6.39. The Balaban J connectivity index is 0.00000144. The van der Waals surface area contributed by atoms with Crippen molar-refractivity contribution in [3.63, 3.8) is 0 Å². The summed E-state index contributed by atoms with van der Waals surface area (Å²) in [4.78, 5) is 45.0. The minimum absolute atomic E-state index is 0.00799. The van der Waals surface area contributed by atoms with Gasteiger partial charge in [-0.1, -0.05) is 25.1 Å². The van der Waals surface area contributed by atoms with E-state index >= 15 is 0 Å². The third-order valence-corrected chi connectivity index (χ3v) is 9.42. The van der Waals surface area contributed by atoms with Gasteiger partial charge < -0.3 is 31.1 Å². The van der Waals surface area contributed by atoms with Crippen LogP contribution in [0.5, 0.6) is 0 Å². The monoisotopic (exact) mass is 685 g/mol. The summed E-state index contributed by atoms with van der Waals surface area (Å²) in [5.41, 5.74) is 6.03. The molecule has 14 nitrogen and oxygen atoms in total. The number of rotatable bonds is 10. The number of carbonyl (C=O) groups is 3. The number of carbonyl (C=O) groups excluding carboxylic acids is 3. The van der Waals surface area contributed by atoms with E-state index in [1.807, 2.05) is 44.4 Å². The van der Waals surface area contributed by atoms with Gasteiger partial charge in [-0.3, -0.25) is 19.1 Å². The van der Waals surface area contributed by atoms with Gasteiger partial charge in [-0.25, -0.2) is 4.98 Å². The lowest BCUT2D eigenvalue weighted by Crippen LogP contribution is -2.60.